The minimum Gasteiger partial charge on any atom is -0.213 e. The van der Waals surface area contributed by atoms with E-state index >= 15 is 0 Å². The molecule has 0 unspecified atom stereocenters. The van der Waals surface area contributed by atoms with Crippen LogP contribution in [-0.2, 0) is 6.54 Å². The molecule has 0 aliphatic carbocycles. The Balaban J connectivity index is 2.15. The second-order valence-corrected chi connectivity index (χ2v) is 2.84. The van der Waals surface area contributed by atoms with Crippen molar-refractivity contribution < 1.29 is 4.57 Å². The highest BCUT2D eigenvalue weighted by atomic mass is 14.9. The Morgan fingerprint density at radius 3 is 2.17 bits per heavy atom. The van der Waals surface area contributed by atoms with E-state index in [-0.39, 0.29) is 0 Å². The Morgan fingerprint density at radius 2 is 1.50 bits per heavy atom. The van der Waals surface area contributed by atoms with Crippen LogP contribution in [0.5, 0.6) is 0 Å². The topological polar surface area (TPSA) is 3.88 Å². The molecule has 0 aliphatic rings. The zero-order chi connectivity index (χ0) is 8.23. The van der Waals surface area contributed by atoms with Crippen molar-refractivity contribution in [1.82, 2.24) is 0 Å². The quantitative estimate of drug-likeness (QED) is 0.462. The van der Waals surface area contributed by atoms with Gasteiger partial charge in [-0.25, -0.2) is 16.7 Å². The molecule has 1 heteroatoms. The smallest absolute Gasteiger partial charge is 0.168 e. The van der Waals surface area contributed by atoms with E-state index in [2.05, 4.69) is 41.2 Å². The fourth-order valence-electron chi connectivity index (χ4n) is 1.27. The lowest BCUT2D eigenvalue weighted by atomic mass is 10.3. The summed E-state index contributed by atoms with van der Waals surface area (Å²) in [5, 5.41) is 0. The van der Waals surface area contributed by atoms with Crippen LogP contribution in [0.4, 0.5) is 0 Å². The van der Waals surface area contributed by atoms with E-state index in [0.717, 1.165) is 6.54 Å². The first-order chi connectivity index (χ1) is 5.95. The normalized spacial score (nSPS) is 10.0. The fourth-order valence-corrected chi connectivity index (χ4v) is 1.27. The molecule has 2 rings (SSSR count). The van der Waals surface area contributed by atoms with Crippen molar-refractivity contribution in [2.75, 3.05) is 0 Å². The van der Waals surface area contributed by atoms with E-state index < -0.39 is 0 Å². The SMILES string of the molecule is c1cc[n+](C[c-]2cccc2)cc1. The van der Waals surface area contributed by atoms with Crippen LogP contribution >= 0.6 is 0 Å². The average molecular weight is 157 g/mol. The van der Waals surface area contributed by atoms with E-state index in [1.54, 1.807) is 0 Å². The minimum absolute atomic E-state index is 0.966. The predicted molar refractivity (Wildman–Crippen MR) is 47.8 cm³/mol. The van der Waals surface area contributed by atoms with Crippen LogP contribution in [0.1, 0.15) is 5.56 Å². The molecule has 0 saturated heterocycles. The van der Waals surface area contributed by atoms with Crippen LogP contribution in [0.25, 0.3) is 0 Å². The molecule has 0 aliphatic heterocycles. The summed E-state index contributed by atoms with van der Waals surface area (Å²) in [5.41, 5.74) is 1.35. The van der Waals surface area contributed by atoms with Gasteiger partial charge >= 0.3 is 0 Å². The lowest BCUT2D eigenvalue weighted by molar-refractivity contribution is -0.688. The van der Waals surface area contributed by atoms with Gasteiger partial charge in [-0.3, -0.25) is 0 Å². The summed E-state index contributed by atoms with van der Waals surface area (Å²) in [6, 6.07) is 14.5. The summed E-state index contributed by atoms with van der Waals surface area (Å²) >= 11 is 0. The third-order valence-electron chi connectivity index (χ3n) is 1.87. The first-order valence-electron chi connectivity index (χ1n) is 4.10. The highest BCUT2D eigenvalue weighted by molar-refractivity contribution is 5.14. The average Bonchev–Trinajstić information content (AvgIpc) is 2.59. The Hall–Kier alpha value is -1.50. The summed E-state index contributed by atoms with van der Waals surface area (Å²) in [4.78, 5) is 0. The Labute approximate surface area is 72.3 Å². The number of rotatable bonds is 2. The molecule has 12 heavy (non-hydrogen) atoms. The van der Waals surface area contributed by atoms with Gasteiger partial charge in [-0.1, -0.05) is 11.6 Å². The van der Waals surface area contributed by atoms with Gasteiger partial charge in [-0.15, -0.1) is 0 Å². The highest BCUT2D eigenvalue weighted by Gasteiger charge is 1.93. The molecular weight excluding hydrogens is 146 g/mol. The maximum absolute atomic E-state index is 2.16. The molecule has 2 aromatic rings. The molecule has 0 spiro atoms. The maximum Gasteiger partial charge on any atom is 0.168 e. The molecular formula is C11H11N. The summed E-state index contributed by atoms with van der Waals surface area (Å²) in [6.45, 7) is 0.966. The van der Waals surface area contributed by atoms with Gasteiger partial charge in [-0.05, 0) is 0 Å². The Bertz CT molecular complexity index is 321. The third kappa shape index (κ3) is 1.56. The lowest BCUT2D eigenvalue weighted by Crippen LogP contribution is -2.32. The molecule has 0 radical (unpaired) electrons. The van der Waals surface area contributed by atoms with Gasteiger partial charge in [0.05, 0.1) is 0 Å². The van der Waals surface area contributed by atoms with Crippen molar-refractivity contribution >= 4 is 0 Å². The fraction of sp³-hybridized carbons (Fsp3) is 0.0909. The second kappa shape index (κ2) is 3.26. The van der Waals surface area contributed by atoms with Crippen LogP contribution in [0.2, 0.25) is 0 Å². The van der Waals surface area contributed by atoms with Crippen LogP contribution in [-0.4, -0.2) is 0 Å². The first kappa shape index (κ1) is 7.17. The number of aromatic nitrogens is 1. The van der Waals surface area contributed by atoms with Gasteiger partial charge in [0.2, 0.25) is 0 Å². The predicted octanol–water partition coefficient (Wildman–Crippen LogP) is 1.74. The molecule has 0 bridgehead atoms. The van der Waals surface area contributed by atoms with Crippen molar-refractivity contribution in [3.8, 4) is 0 Å². The molecule has 0 fully saturated rings. The van der Waals surface area contributed by atoms with E-state index in [4.69, 9.17) is 0 Å². The molecule has 0 amide bonds. The van der Waals surface area contributed by atoms with E-state index in [1.807, 2.05) is 18.2 Å². The lowest BCUT2D eigenvalue weighted by Gasteiger charge is -1.96. The number of nitrogens with zero attached hydrogens (tertiary/aromatic N) is 1. The van der Waals surface area contributed by atoms with Crippen LogP contribution in [0.15, 0.2) is 54.9 Å². The van der Waals surface area contributed by atoms with Crippen molar-refractivity contribution in [2.24, 2.45) is 0 Å². The van der Waals surface area contributed by atoms with Crippen molar-refractivity contribution in [1.29, 1.82) is 0 Å². The summed E-state index contributed by atoms with van der Waals surface area (Å²) in [6.07, 6.45) is 4.15. The Kier molecular flexibility index (Phi) is 1.95. The summed E-state index contributed by atoms with van der Waals surface area (Å²) in [7, 11) is 0. The highest BCUT2D eigenvalue weighted by Crippen LogP contribution is 1.97. The minimum atomic E-state index is 0.966. The van der Waals surface area contributed by atoms with E-state index in [1.165, 1.54) is 5.56 Å². The first-order valence-corrected chi connectivity index (χ1v) is 4.10. The van der Waals surface area contributed by atoms with Crippen LogP contribution in [0.3, 0.4) is 0 Å². The summed E-state index contributed by atoms with van der Waals surface area (Å²) in [5.74, 6) is 0. The zero-order valence-electron chi connectivity index (χ0n) is 6.85. The van der Waals surface area contributed by atoms with Gasteiger partial charge in [-0.2, -0.15) is 12.1 Å². The van der Waals surface area contributed by atoms with E-state index in [9.17, 15) is 0 Å². The van der Waals surface area contributed by atoms with Gasteiger partial charge in [0.1, 0.15) is 6.54 Å². The number of pyridine rings is 1. The van der Waals surface area contributed by atoms with Crippen molar-refractivity contribution in [3.63, 3.8) is 0 Å². The Morgan fingerprint density at radius 1 is 0.833 bits per heavy atom. The molecule has 1 aromatic carbocycles. The van der Waals surface area contributed by atoms with Gasteiger partial charge in [0.15, 0.2) is 12.4 Å². The number of hydrogen-bond donors (Lipinski definition) is 0. The van der Waals surface area contributed by atoms with Crippen molar-refractivity contribution in [2.45, 2.75) is 6.54 Å². The molecule has 1 nitrogen and oxygen atoms in total. The molecule has 1 aromatic heterocycles. The zero-order valence-corrected chi connectivity index (χ0v) is 6.85. The van der Waals surface area contributed by atoms with Gasteiger partial charge in [0.25, 0.3) is 0 Å². The molecule has 0 atom stereocenters. The molecule has 60 valence electrons. The van der Waals surface area contributed by atoms with Gasteiger partial charge < -0.3 is 0 Å². The number of hydrogen-bond acceptors (Lipinski definition) is 0. The maximum atomic E-state index is 2.16. The van der Waals surface area contributed by atoms with Crippen LogP contribution < -0.4 is 4.57 Å². The van der Waals surface area contributed by atoms with E-state index in [0.29, 0.717) is 0 Å². The summed E-state index contributed by atoms with van der Waals surface area (Å²) < 4.78 is 2.16. The second-order valence-electron chi connectivity index (χ2n) is 2.84. The third-order valence-corrected chi connectivity index (χ3v) is 1.87. The molecule has 1 heterocycles. The standard InChI is InChI=1S/C11H11N/c1-4-8-12(9-5-1)10-11-6-2-3-7-11/h1-9H,10H2. The molecule has 0 N–H and O–H groups in total. The monoisotopic (exact) mass is 157 g/mol. The van der Waals surface area contributed by atoms with Gasteiger partial charge in [0, 0.05) is 12.1 Å². The molecule has 0 saturated carbocycles. The van der Waals surface area contributed by atoms with Crippen LogP contribution in [0, 0.1) is 0 Å². The largest absolute Gasteiger partial charge is 0.213 e. The van der Waals surface area contributed by atoms with Crippen molar-refractivity contribution in [3.05, 3.63) is 60.4 Å².